The van der Waals surface area contributed by atoms with Crippen LogP contribution in [0.15, 0.2) is 53.3 Å². The highest BCUT2D eigenvalue weighted by Gasteiger charge is 2.64. The van der Waals surface area contributed by atoms with Crippen molar-refractivity contribution in [3.05, 3.63) is 70.0 Å². The summed E-state index contributed by atoms with van der Waals surface area (Å²) in [6.45, 7) is 5.30. The average molecular weight is 649 g/mol. The van der Waals surface area contributed by atoms with E-state index in [0.717, 1.165) is 36.2 Å². The first-order chi connectivity index (χ1) is 22.0. The SMILES string of the molecule is CC(=O)NCCCN(C)C.Cc1cccc(-c2ccc(O)c3c2C[C@H]2C[C@H]4[C@H](N(C)C)C(=O)C(C(N)=O)=C(O)[C@@]4(O)C(=O)C2=C3O)c1. The quantitative estimate of drug-likeness (QED) is 0.191. The fourth-order valence-corrected chi connectivity index (χ4v) is 6.99. The molecular formula is C35H44N4O8. The second kappa shape index (κ2) is 13.7. The molecule has 2 amide bonds. The van der Waals surface area contributed by atoms with Crippen LogP contribution in [0.1, 0.15) is 36.5 Å². The minimum atomic E-state index is -2.64. The number of fused-ring (bicyclic) bond motifs is 3. The number of aliphatic hydroxyl groups is 3. The van der Waals surface area contributed by atoms with Gasteiger partial charge in [-0.2, -0.15) is 0 Å². The summed E-state index contributed by atoms with van der Waals surface area (Å²) in [5.74, 6) is -6.55. The van der Waals surface area contributed by atoms with E-state index in [-0.39, 0.29) is 35.6 Å². The van der Waals surface area contributed by atoms with Gasteiger partial charge in [-0.15, -0.1) is 0 Å². The Balaban J connectivity index is 0.000000434. The normalized spacial score (nSPS) is 23.6. The zero-order chi connectivity index (χ0) is 35.0. The minimum Gasteiger partial charge on any atom is -0.508 e. The molecule has 2 aromatic rings. The fourth-order valence-electron chi connectivity index (χ4n) is 6.99. The van der Waals surface area contributed by atoms with E-state index in [1.165, 1.54) is 17.9 Å². The molecule has 0 aliphatic heterocycles. The van der Waals surface area contributed by atoms with Crippen LogP contribution in [-0.4, -0.2) is 107 Å². The number of carbonyl (C=O) groups excluding carboxylic acids is 4. The Morgan fingerprint density at radius 2 is 1.74 bits per heavy atom. The van der Waals surface area contributed by atoms with Crippen molar-refractivity contribution in [2.45, 2.75) is 44.8 Å². The molecule has 0 saturated heterocycles. The number of hydrogen-bond acceptors (Lipinski definition) is 10. The number of Topliss-reactive ketones (excluding diaryl/α,β-unsaturated/α-hetero) is 2. The van der Waals surface area contributed by atoms with Crippen LogP contribution in [0.25, 0.3) is 16.9 Å². The number of phenolic OH excluding ortho intramolecular Hbond substituents is 1. The molecule has 47 heavy (non-hydrogen) atoms. The van der Waals surface area contributed by atoms with Crippen molar-refractivity contribution in [1.29, 1.82) is 0 Å². The molecule has 0 heterocycles. The Labute approximate surface area is 274 Å². The molecule has 12 nitrogen and oxygen atoms in total. The predicted octanol–water partition coefficient (Wildman–Crippen LogP) is 2.01. The molecule has 3 aliphatic rings. The third kappa shape index (κ3) is 6.53. The molecular weight excluding hydrogens is 604 g/mol. The molecule has 4 atom stereocenters. The molecule has 252 valence electrons. The zero-order valence-corrected chi connectivity index (χ0v) is 27.6. The summed E-state index contributed by atoms with van der Waals surface area (Å²) in [5, 5.41) is 47.4. The number of nitrogens with one attached hydrogen (secondary N) is 1. The van der Waals surface area contributed by atoms with Crippen molar-refractivity contribution in [2.24, 2.45) is 17.6 Å². The summed E-state index contributed by atoms with van der Waals surface area (Å²) in [7, 11) is 7.18. The molecule has 5 rings (SSSR count). The highest BCUT2D eigenvalue weighted by molar-refractivity contribution is 6.24. The maximum absolute atomic E-state index is 13.9. The number of ketones is 2. The molecule has 12 heteroatoms. The topological polar surface area (TPSA) is 194 Å². The molecule has 0 bridgehead atoms. The molecule has 0 aromatic heterocycles. The molecule has 2 aromatic carbocycles. The molecule has 3 aliphatic carbocycles. The van der Waals surface area contributed by atoms with Gasteiger partial charge in [-0.1, -0.05) is 35.9 Å². The third-order valence-corrected chi connectivity index (χ3v) is 9.09. The summed E-state index contributed by atoms with van der Waals surface area (Å²) >= 11 is 0. The van der Waals surface area contributed by atoms with Gasteiger partial charge in [0.2, 0.25) is 11.7 Å². The van der Waals surface area contributed by atoms with Crippen LogP contribution in [0, 0.1) is 18.8 Å². The van der Waals surface area contributed by atoms with Gasteiger partial charge in [0.1, 0.15) is 22.8 Å². The smallest absolute Gasteiger partial charge is 0.255 e. The Bertz CT molecular complexity index is 1680. The van der Waals surface area contributed by atoms with Crippen LogP contribution >= 0.6 is 0 Å². The molecule has 7 N–H and O–H groups in total. The van der Waals surface area contributed by atoms with Crippen LogP contribution in [0.2, 0.25) is 0 Å². The number of aromatic hydroxyl groups is 1. The number of nitrogens with two attached hydrogens (primary N) is 1. The molecule has 0 radical (unpaired) electrons. The van der Waals surface area contributed by atoms with Crippen molar-refractivity contribution < 1.29 is 39.6 Å². The van der Waals surface area contributed by atoms with Gasteiger partial charge in [-0.05, 0) is 89.6 Å². The third-order valence-electron chi connectivity index (χ3n) is 9.09. The lowest BCUT2D eigenvalue weighted by atomic mass is 9.57. The summed E-state index contributed by atoms with van der Waals surface area (Å²) in [6.07, 6.45) is 1.31. The van der Waals surface area contributed by atoms with Gasteiger partial charge in [0.15, 0.2) is 11.4 Å². The standard InChI is InChI=1S/C28H28N2O7.C7H16N2O/c1-12-5-4-6-13(9-12)15-7-8-18(31)20-16(15)10-14-11-17-22(30(2)3)24(33)21(27(29)36)26(35)28(17,37)25(34)19(14)23(20)32;1-7(10)8-5-4-6-9(2)3/h4-9,14,17,22,31-32,35,37H,10-11H2,1-3H3,(H2,29,36);4-6H2,1-3H3,(H,8,10)/t14-,17-,22-,28-;/m0./s1. The number of phenols is 1. The number of amides is 2. The first-order valence-corrected chi connectivity index (χ1v) is 15.5. The van der Waals surface area contributed by atoms with Gasteiger partial charge in [-0.25, -0.2) is 0 Å². The number of likely N-dealkylation sites (N-methyl/N-ethyl adjacent to an activating group) is 1. The van der Waals surface area contributed by atoms with Crippen molar-refractivity contribution in [1.82, 2.24) is 15.1 Å². The van der Waals surface area contributed by atoms with E-state index < -0.39 is 58.0 Å². The lowest BCUT2D eigenvalue weighted by Crippen LogP contribution is -2.65. The van der Waals surface area contributed by atoms with Crippen molar-refractivity contribution in [2.75, 3.05) is 41.3 Å². The van der Waals surface area contributed by atoms with Gasteiger partial charge in [0.25, 0.3) is 5.91 Å². The van der Waals surface area contributed by atoms with Crippen LogP contribution in [0.3, 0.4) is 0 Å². The maximum Gasteiger partial charge on any atom is 0.255 e. The van der Waals surface area contributed by atoms with Crippen molar-refractivity contribution in [3.63, 3.8) is 0 Å². The van der Waals surface area contributed by atoms with Crippen LogP contribution in [-0.2, 0) is 25.6 Å². The van der Waals surface area contributed by atoms with Crippen LogP contribution < -0.4 is 11.1 Å². The van der Waals surface area contributed by atoms with E-state index in [4.69, 9.17) is 5.73 Å². The van der Waals surface area contributed by atoms with E-state index in [1.807, 2.05) is 45.3 Å². The number of aryl methyl sites for hydroxylation is 1. The molecule has 1 fully saturated rings. The van der Waals surface area contributed by atoms with Crippen LogP contribution in [0.5, 0.6) is 5.75 Å². The summed E-state index contributed by atoms with van der Waals surface area (Å²) in [6, 6.07) is 9.82. The molecule has 1 saturated carbocycles. The first kappa shape index (κ1) is 35.3. The lowest BCUT2D eigenvalue weighted by molar-refractivity contribution is -0.153. The highest BCUT2D eigenvalue weighted by Crippen LogP contribution is 2.53. The second-order valence-corrected chi connectivity index (χ2v) is 13.0. The average Bonchev–Trinajstić information content (AvgIpc) is 2.97. The number of rotatable bonds is 7. The minimum absolute atomic E-state index is 0.0503. The fraction of sp³-hybridized carbons (Fsp3) is 0.429. The number of primary amides is 1. The van der Waals surface area contributed by atoms with E-state index in [1.54, 1.807) is 20.2 Å². The van der Waals surface area contributed by atoms with E-state index in [0.29, 0.717) is 5.56 Å². The largest absolute Gasteiger partial charge is 0.508 e. The monoisotopic (exact) mass is 648 g/mol. The molecule has 0 unspecified atom stereocenters. The van der Waals surface area contributed by atoms with E-state index >= 15 is 0 Å². The maximum atomic E-state index is 13.9. The number of carbonyl (C=O) groups is 4. The molecule has 0 spiro atoms. The van der Waals surface area contributed by atoms with E-state index in [9.17, 15) is 39.6 Å². The van der Waals surface area contributed by atoms with Gasteiger partial charge in [-0.3, -0.25) is 24.1 Å². The Kier molecular flexibility index (Phi) is 10.3. The van der Waals surface area contributed by atoms with Crippen molar-refractivity contribution >= 4 is 29.1 Å². The Hall–Kier alpha value is -4.52. The summed E-state index contributed by atoms with van der Waals surface area (Å²) in [4.78, 5) is 53.1. The number of nitrogens with zero attached hydrogens (tertiary/aromatic N) is 2. The van der Waals surface area contributed by atoms with Gasteiger partial charge >= 0.3 is 0 Å². The Morgan fingerprint density at radius 3 is 2.32 bits per heavy atom. The summed E-state index contributed by atoms with van der Waals surface area (Å²) < 4.78 is 0. The second-order valence-electron chi connectivity index (χ2n) is 13.0. The zero-order valence-electron chi connectivity index (χ0n) is 27.6. The predicted molar refractivity (Wildman–Crippen MR) is 176 cm³/mol. The number of benzene rings is 2. The van der Waals surface area contributed by atoms with Crippen LogP contribution in [0.4, 0.5) is 0 Å². The number of hydrogen-bond donors (Lipinski definition) is 6. The Morgan fingerprint density at radius 1 is 1.06 bits per heavy atom. The first-order valence-electron chi connectivity index (χ1n) is 15.5. The summed E-state index contributed by atoms with van der Waals surface area (Å²) in [5.41, 5.74) is 5.10. The van der Waals surface area contributed by atoms with E-state index in [2.05, 4.69) is 10.2 Å². The lowest BCUT2D eigenvalue weighted by Gasteiger charge is -2.50. The highest BCUT2D eigenvalue weighted by atomic mass is 16.3. The van der Waals surface area contributed by atoms with Gasteiger partial charge in [0, 0.05) is 25.0 Å². The van der Waals surface area contributed by atoms with Crippen molar-refractivity contribution in [3.8, 4) is 16.9 Å². The van der Waals surface area contributed by atoms with Gasteiger partial charge in [0.05, 0.1) is 11.6 Å². The number of aliphatic hydroxyl groups excluding tert-OH is 2. The van der Waals surface area contributed by atoms with Gasteiger partial charge < -0.3 is 36.4 Å².